The zero-order valence-corrected chi connectivity index (χ0v) is 16.1. The predicted octanol–water partition coefficient (Wildman–Crippen LogP) is 7.48. The first kappa shape index (κ1) is 18.3. The predicted molar refractivity (Wildman–Crippen MR) is 109 cm³/mol. The number of fused-ring (bicyclic) bond motifs is 1. The number of ether oxygens (including phenoxy) is 1. The van der Waals surface area contributed by atoms with Crippen molar-refractivity contribution in [2.45, 2.75) is 77.6 Å². The third-order valence-electron chi connectivity index (χ3n) is 6.00. The topological polar surface area (TPSA) is 9.23 Å². The van der Waals surface area contributed by atoms with E-state index < -0.39 is 0 Å². The molecule has 1 aliphatic carbocycles. The van der Waals surface area contributed by atoms with Crippen LogP contribution in [0, 0.1) is 5.92 Å². The van der Waals surface area contributed by atoms with E-state index in [1.807, 2.05) is 0 Å². The molecule has 136 valence electrons. The Morgan fingerprint density at radius 3 is 2.36 bits per heavy atom. The number of benzene rings is 2. The van der Waals surface area contributed by atoms with Crippen LogP contribution in [0.5, 0.6) is 5.75 Å². The molecule has 0 heterocycles. The van der Waals surface area contributed by atoms with Gasteiger partial charge in [0.25, 0.3) is 0 Å². The first-order chi connectivity index (χ1) is 12.3. The molecule has 0 aliphatic heterocycles. The molecule has 0 saturated heterocycles. The molecule has 0 spiro atoms. The maximum absolute atomic E-state index is 5.93. The molecule has 0 unspecified atom stereocenters. The lowest BCUT2D eigenvalue weighted by Gasteiger charge is -2.28. The minimum Gasteiger partial charge on any atom is -0.494 e. The fourth-order valence-corrected chi connectivity index (χ4v) is 4.21. The van der Waals surface area contributed by atoms with Gasteiger partial charge in [-0.05, 0) is 72.4 Å². The SMILES string of the molecule is CCCCCCOc1ccc2cc(C3CCC(CC)CC3)ccc2c1. The molecule has 1 saturated carbocycles. The van der Waals surface area contributed by atoms with Crippen LogP contribution in [0.25, 0.3) is 10.8 Å². The van der Waals surface area contributed by atoms with E-state index in [0.29, 0.717) is 0 Å². The molecule has 0 atom stereocenters. The molecule has 1 heteroatoms. The standard InChI is InChI=1S/C24H34O/c1-3-5-6-7-16-25-24-15-14-22-17-21(12-13-23(22)18-24)20-10-8-19(4-2)9-11-20/h12-15,17-20H,3-11,16H2,1-2H3. The molecule has 0 radical (unpaired) electrons. The minimum absolute atomic E-state index is 0.765. The second-order valence-corrected chi connectivity index (χ2v) is 7.80. The van der Waals surface area contributed by atoms with Crippen molar-refractivity contribution in [3.8, 4) is 5.75 Å². The number of hydrogen-bond acceptors (Lipinski definition) is 1. The van der Waals surface area contributed by atoms with Crippen molar-refractivity contribution in [2.75, 3.05) is 6.61 Å². The molecular weight excluding hydrogens is 304 g/mol. The van der Waals surface area contributed by atoms with E-state index >= 15 is 0 Å². The highest BCUT2D eigenvalue weighted by atomic mass is 16.5. The Morgan fingerprint density at radius 2 is 1.60 bits per heavy atom. The maximum Gasteiger partial charge on any atom is 0.119 e. The Bertz CT molecular complexity index is 652. The minimum atomic E-state index is 0.765. The number of rotatable bonds is 8. The summed E-state index contributed by atoms with van der Waals surface area (Å²) in [7, 11) is 0. The van der Waals surface area contributed by atoms with E-state index in [2.05, 4.69) is 50.2 Å². The summed E-state index contributed by atoms with van der Waals surface area (Å²) >= 11 is 0. The Labute approximate surface area is 153 Å². The summed E-state index contributed by atoms with van der Waals surface area (Å²) < 4.78 is 5.93. The van der Waals surface area contributed by atoms with Crippen molar-refractivity contribution in [3.05, 3.63) is 42.0 Å². The molecule has 1 nitrogen and oxygen atoms in total. The van der Waals surface area contributed by atoms with Crippen LogP contribution in [0.15, 0.2) is 36.4 Å². The molecule has 25 heavy (non-hydrogen) atoms. The highest BCUT2D eigenvalue weighted by molar-refractivity contribution is 5.84. The van der Waals surface area contributed by atoms with E-state index in [1.165, 1.54) is 67.7 Å². The lowest BCUT2D eigenvalue weighted by molar-refractivity contribution is 0.305. The summed E-state index contributed by atoms with van der Waals surface area (Å²) in [4.78, 5) is 0. The second kappa shape index (κ2) is 9.27. The fourth-order valence-electron chi connectivity index (χ4n) is 4.21. The van der Waals surface area contributed by atoms with Gasteiger partial charge in [0.15, 0.2) is 0 Å². The smallest absolute Gasteiger partial charge is 0.119 e. The van der Waals surface area contributed by atoms with Gasteiger partial charge in [0, 0.05) is 0 Å². The highest BCUT2D eigenvalue weighted by Gasteiger charge is 2.21. The third-order valence-corrected chi connectivity index (χ3v) is 6.00. The molecule has 2 aromatic carbocycles. The van der Waals surface area contributed by atoms with Crippen LogP contribution in [0.3, 0.4) is 0 Å². The Hall–Kier alpha value is -1.50. The van der Waals surface area contributed by atoms with E-state index in [1.54, 1.807) is 0 Å². The average Bonchev–Trinajstić information content (AvgIpc) is 2.67. The van der Waals surface area contributed by atoms with E-state index in [4.69, 9.17) is 4.74 Å². The monoisotopic (exact) mass is 338 g/mol. The van der Waals surface area contributed by atoms with Crippen molar-refractivity contribution < 1.29 is 4.74 Å². The van der Waals surface area contributed by atoms with Gasteiger partial charge in [-0.1, -0.05) is 63.8 Å². The van der Waals surface area contributed by atoms with Crippen molar-refractivity contribution in [3.63, 3.8) is 0 Å². The molecule has 0 N–H and O–H groups in total. The van der Waals surface area contributed by atoms with Crippen molar-refractivity contribution in [1.29, 1.82) is 0 Å². The summed E-state index contributed by atoms with van der Waals surface area (Å²) in [5.74, 6) is 2.75. The van der Waals surface area contributed by atoms with Gasteiger partial charge in [-0.25, -0.2) is 0 Å². The molecule has 0 bridgehead atoms. The first-order valence-electron chi connectivity index (χ1n) is 10.5. The lowest BCUT2D eigenvalue weighted by atomic mass is 9.77. The van der Waals surface area contributed by atoms with Crippen LogP contribution in [0.4, 0.5) is 0 Å². The van der Waals surface area contributed by atoms with Gasteiger partial charge in [0.2, 0.25) is 0 Å². The van der Waals surface area contributed by atoms with Gasteiger partial charge in [0.05, 0.1) is 6.61 Å². The van der Waals surface area contributed by atoms with Crippen LogP contribution in [0.2, 0.25) is 0 Å². The second-order valence-electron chi connectivity index (χ2n) is 7.80. The summed E-state index contributed by atoms with van der Waals surface area (Å²) in [6, 6.07) is 13.6. The lowest BCUT2D eigenvalue weighted by Crippen LogP contribution is -2.12. The summed E-state index contributed by atoms with van der Waals surface area (Å²) in [6.45, 7) is 5.42. The number of hydrogen-bond donors (Lipinski definition) is 0. The van der Waals surface area contributed by atoms with Gasteiger partial charge in [-0.2, -0.15) is 0 Å². The third kappa shape index (κ3) is 5.00. The normalized spacial score (nSPS) is 20.7. The first-order valence-corrected chi connectivity index (χ1v) is 10.5. The van der Waals surface area contributed by atoms with E-state index in [0.717, 1.165) is 30.6 Å². The Kier molecular flexibility index (Phi) is 6.78. The van der Waals surface area contributed by atoms with E-state index in [-0.39, 0.29) is 0 Å². The quantitative estimate of drug-likeness (QED) is 0.453. The van der Waals surface area contributed by atoms with Crippen LogP contribution in [-0.2, 0) is 0 Å². The molecule has 3 rings (SSSR count). The van der Waals surface area contributed by atoms with Gasteiger partial charge in [-0.15, -0.1) is 0 Å². The van der Waals surface area contributed by atoms with Gasteiger partial charge >= 0.3 is 0 Å². The van der Waals surface area contributed by atoms with Crippen LogP contribution in [-0.4, -0.2) is 6.61 Å². The Balaban J connectivity index is 1.61. The highest BCUT2D eigenvalue weighted by Crippen LogP contribution is 2.38. The number of unbranched alkanes of at least 4 members (excludes halogenated alkanes) is 3. The van der Waals surface area contributed by atoms with Gasteiger partial charge in [-0.3, -0.25) is 0 Å². The van der Waals surface area contributed by atoms with E-state index in [9.17, 15) is 0 Å². The molecule has 1 aliphatic rings. The molecule has 2 aromatic rings. The summed E-state index contributed by atoms with van der Waals surface area (Å²) in [5.41, 5.74) is 1.54. The van der Waals surface area contributed by atoms with Crippen LogP contribution in [0.1, 0.15) is 83.1 Å². The summed E-state index contributed by atoms with van der Waals surface area (Å²) in [6.07, 6.45) is 11.9. The van der Waals surface area contributed by atoms with Gasteiger partial charge < -0.3 is 4.74 Å². The zero-order chi connectivity index (χ0) is 17.5. The van der Waals surface area contributed by atoms with Gasteiger partial charge in [0.1, 0.15) is 5.75 Å². The Morgan fingerprint density at radius 1 is 0.840 bits per heavy atom. The molecular formula is C24H34O. The molecule has 1 fully saturated rings. The summed E-state index contributed by atoms with van der Waals surface area (Å²) in [5, 5.41) is 2.66. The fraction of sp³-hybridized carbons (Fsp3) is 0.583. The molecule has 0 aromatic heterocycles. The van der Waals surface area contributed by atoms with Crippen molar-refractivity contribution in [2.24, 2.45) is 5.92 Å². The maximum atomic E-state index is 5.93. The zero-order valence-electron chi connectivity index (χ0n) is 16.1. The molecule has 0 amide bonds. The van der Waals surface area contributed by atoms with Crippen molar-refractivity contribution in [1.82, 2.24) is 0 Å². The van der Waals surface area contributed by atoms with Crippen molar-refractivity contribution >= 4 is 10.8 Å². The average molecular weight is 339 g/mol. The largest absolute Gasteiger partial charge is 0.494 e. The van der Waals surface area contributed by atoms with Crippen LogP contribution >= 0.6 is 0 Å². The van der Waals surface area contributed by atoms with Crippen LogP contribution < -0.4 is 4.74 Å².